The molecule has 572 valence electrons. The standard InChI is InChI=1S/C64H96N20O18S2/c1-7-11-39-56(94)77-40-14-10-19-84(67)27-35(65)15-16-42(59(97)80-46(22-36-25-69-30-72-36)62(100)78-44(20-31(2)3)55(93)71-26-49(86)74-41(58(96)76-39)17-18-50(87)88)75-54(92)32(4)73-63(101)47(81-60(98)43(68-6)23-51(89)90)28-103-104-29-48(64(102)83-52(33(5)85)53(66)91)82-61(99)45(79-57(40)95)21-34-24-70-38-13-9-8-12-37(34)38/h8-9,12-13,24-25,27,30-33,39-48,52,68,70,85H,7,10-11,14-23,26,28-29,65,67H2,1-6H3,(H2,66,91)(H,69,72)(H,71,93)(H,73,101)(H,74,86)(H,75,92)(H,76,96)(H,77,94)(H,78,100)(H,79,95)(H,80,97)(H,81,98)(H,82,99)(H,83,102)(H,87,88)(H,89,90)/b35-27-/t32-,33+,39-,40-,41-,42-,43-,44-,45-,46-,47-,48-,52?/m0/s1. The Labute approximate surface area is 606 Å². The van der Waals surface area contributed by atoms with Gasteiger partial charge in [0.25, 0.3) is 0 Å². The van der Waals surface area contributed by atoms with Gasteiger partial charge in [0.05, 0.1) is 37.1 Å². The molecule has 0 aliphatic carbocycles. The minimum absolute atomic E-state index is 0.00528. The van der Waals surface area contributed by atoms with Gasteiger partial charge in [-0.2, -0.15) is 0 Å². The molecule has 2 aliphatic rings. The average molecular weight is 1500 g/mol. The van der Waals surface area contributed by atoms with E-state index in [-0.39, 0.29) is 81.6 Å². The Morgan fingerprint density at radius 1 is 0.712 bits per heavy atom. The molecule has 13 atom stereocenters. The van der Waals surface area contributed by atoms with E-state index in [1.807, 2.05) is 0 Å². The van der Waals surface area contributed by atoms with Crippen LogP contribution in [0.15, 0.2) is 54.9 Å². The zero-order valence-electron chi connectivity index (χ0n) is 58.4. The van der Waals surface area contributed by atoms with E-state index in [0.717, 1.165) is 33.5 Å². The first-order valence-corrected chi connectivity index (χ1v) is 36.2. The minimum Gasteiger partial charge on any atom is -0.481 e. The number of nitrogens with two attached hydrogens (primary N) is 3. The Kier molecular flexibility index (Phi) is 34.1. The van der Waals surface area contributed by atoms with Crippen molar-refractivity contribution in [3.8, 4) is 0 Å². The average Bonchev–Trinajstić information content (AvgIpc) is 1.80. The van der Waals surface area contributed by atoms with Crippen molar-refractivity contribution in [3.63, 3.8) is 0 Å². The van der Waals surface area contributed by atoms with Crippen LogP contribution in [0, 0.1) is 5.92 Å². The molecular formula is C64H96N20O18S2. The number of nitrogens with zero attached hydrogens (tertiary/aromatic N) is 2. The number of nitrogens with one attached hydrogen (secondary N) is 15. The lowest BCUT2D eigenvalue weighted by molar-refractivity contribution is -0.140. The molecular weight excluding hydrogens is 1400 g/mol. The number of imidazole rings is 1. The van der Waals surface area contributed by atoms with Gasteiger partial charge in [-0.25, -0.2) is 10.8 Å². The second kappa shape index (κ2) is 41.9. The molecule has 5 rings (SSSR count). The van der Waals surface area contributed by atoms with Gasteiger partial charge in [0.2, 0.25) is 76.8 Å². The summed E-state index contributed by atoms with van der Waals surface area (Å²) in [5.74, 6) is -10.7. The lowest BCUT2D eigenvalue weighted by Gasteiger charge is -2.28. The maximum atomic E-state index is 15.2. The topological polar surface area (TPSA) is 599 Å². The highest BCUT2D eigenvalue weighted by molar-refractivity contribution is 8.76. The van der Waals surface area contributed by atoms with Crippen LogP contribution in [-0.4, -0.2) is 234 Å². The zero-order chi connectivity index (χ0) is 76.9. The maximum absolute atomic E-state index is 15.2. The second-order valence-electron chi connectivity index (χ2n) is 25.5. The van der Waals surface area contributed by atoms with Gasteiger partial charge in [0.1, 0.15) is 66.5 Å². The predicted octanol–water partition coefficient (Wildman–Crippen LogP) is -5.27. The van der Waals surface area contributed by atoms with Crippen molar-refractivity contribution in [1.82, 2.24) is 89.1 Å². The fraction of sp³-hybridized carbons (Fsp3) is 0.562. The third kappa shape index (κ3) is 27.6. The molecule has 0 fully saturated rings. The molecule has 1 unspecified atom stereocenters. The first-order valence-electron chi connectivity index (χ1n) is 33.7. The van der Waals surface area contributed by atoms with Gasteiger partial charge in [-0.05, 0) is 83.4 Å². The van der Waals surface area contributed by atoms with E-state index in [0.29, 0.717) is 16.5 Å². The number of aliphatic carboxylic acids is 2. The SMILES string of the molecule is CCC[C@@H]1NC(=O)[C@H](CCC(=O)O)NC(=O)CNC(=O)[C@H](CC(C)C)NC(=O)[C@H](Cc2c[nH]cn2)NC(=O)[C@@H]2CC/C(N)=C/N(N)CCC[C@H](NC1=O)C(=O)N[C@@H](Cc1c[nH]c3ccccc13)C(=O)N[C@H](C(=O)NC(C(N)=O)[C@@H](C)O)CSSC[C@H](NC(=O)[C@H](CC(=O)O)NC)C(=O)N[C@@H](C)C(=O)N2. The molecule has 2 aromatic heterocycles. The van der Waals surface area contributed by atoms with E-state index in [1.54, 1.807) is 51.2 Å². The lowest BCUT2D eigenvalue weighted by atomic mass is 10.0. The smallest absolute Gasteiger partial charge is 0.305 e. The number of para-hydroxylation sites is 1. The number of amides is 13. The van der Waals surface area contributed by atoms with Gasteiger partial charge in [-0.1, -0.05) is 67.0 Å². The highest BCUT2D eigenvalue weighted by atomic mass is 33.1. The van der Waals surface area contributed by atoms with Crippen LogP contribution in [0.4, 0.5) is 0 Å². The monoisotopic (exact) mass is 1500 g/mol. The Morgan fingerprint density at radius 3 is 1.96 bits per heavy atom. The van der Waals surface area contributed by atoms with Crippen LogP contribution in [0.1, 0.15) is 110 Å². The number of carbonyl (C=O) groups is 15. The first-order chi connectivity index (χ1) is 49.3. The van der Waals surface area contributed by atoms with E-state index in [1.165, 1.54) is 32.7 Å². The van der Waals surface area contributed by atoms with Crippen LogP contribution in [0.3, 0.4) is 0 Å². The molecule has 0 saturated heterocycles. The molecule has 38 nitrogen and oxygen atoms in total. The number of aromatic amines is 2. The number of benzene rings is 1. The molecule has 0 saturated carbocycles. The molecule has 4 heterocycles. The molecule has 2 bridgehead atoms. The number of hydrazine groups is 1. The van der Waals surface area contributed by atoms with E-state index in [9.17, 15) is 77.6 Å². The number of aliphatic hydroxyl groups is 1. The molecule has 24 N–H and O–H groups in total. The molecule has 104 heavy (non-hydrogen) atoms. The number of rotatable bonds is 20. The van der Waals surface area contributed by atoms with Crippen LogP contribution in [0.2, 0.25) is 0 Å². The highest BCUT2D eigenvalue weighted by Gasteiger charge is 2.38. The number of hydrogen-bond donors (Lipinski definition) is 21. The van der Waals surface area contributed by atoms with Crippen LogP contribution >= 0.6 is 21.6 Å². The number of primary amides is 1. The third-order valence-corrected chi connectivity index (χ3v) is 19.0. The van der Waals surface area contributed by atoms with Gasteiger partial charge >= 0.3 is 11.9 Å². The number of carboxylic acid groups (broad SMARTS) is 2. The number of H-pyrrole nitrogens is 2. The summed E-state index contributed by atoms with van der Waals surface area (Å²) in [6, 6.07) is -12.2. The van der Waals surface area contributed by atoms with Crippen molar-refractivity contribution in [2.75, 3.05) is 31.6 Å². The third-order valence-electron chi connectivity index (χ3n) is 16.5. The number of aliphatic hydroxyl groups excluding tert-OH is 1. The number of likely N-dealkylation sites (N-methyl/N-ethyl adjacent to an activating group) is 1. The molecule has 3 aromatic rings. The fourth-order valence-corrected chi connectivity index (χ4v) is 13.2. The van der Waals surface area contributed by atoms with Crippen molar-refractivity contribution in [3.05, 3.63) is 66.1 Å². The van der Waals surface area contributed by atoms with Gasteiger partial charge in [-0.3, -0.25) is 71.9 Å². The summed E-state index contributed by atoms with van der Waals surface area (Å²) in [6.45, 7) is 6.52. The van der Waals surface area contributed by atoms with E-state index in [2.05, 4.69) is 84.1 Å². The normalized spacial score (nSPS) is 25.0. The minimum atomic E-state index is -1.73. The number of hydrogen-bond acceptors (Lipinski definition) is 23. The van der Waals surface area contributed by atoms with Crippen LogP contribution in [0.25, 0.3) is 10.9 Å². The predicted molar refractivity (Wildman–Crippen MR) is 378 cm³/mol. The Balaban J connectivity index is 1.72. The van der Waals surface area contributed by atoms with Crippen molar-refractivity contribution in [1.29, 1.82) is 0 Å². The van der Waals surface area contributed by atoms with E-state index >= 15 is 9.59 Å². The maximum Gasteiger partial charge on any atom is 0.305 e. The highest BCUT2D eigenvalue weighted by Crippen LogP contribution is 2.25. The summed E-state index contributed by atoms with van der Waals surface area (Å²) < 4.78 is 0. The Hall–Kier alpha value is -10.1. The van der Waals surface area contributed by atoms with Gasteiger partial charge in [0, 0.05) is 72.5 Å². The number of aromatic nitrogens is 3. The number of fused-ring (bicyclic) bond motifs is 9. The summed E-state index contributed by atoms with van der Waals surface area (Å²) in [6.07, 6.45) is 0.517. The molecule has 0 spiro atoms. The van der Waals surface area contributed by atoms with Crippen molar-refractivity contribution < 1.29 is 87.2 Å². The van der Waals surface area contributed by atoms with Crippen molar-refractivity contribution in [2.24, 2.45) is 23.2 Å². The summed E-state index contributed by atoms with van der Waals surface area (Å²) in [5, 5.41) is 64.7. The van der Waals surface area contributed by atoms with E-state index < -0.39 is 205 Å². The van der Waals surface area contributed by atoms with Crippen LogP contribution < -0.4 is 86.4 Å². The summed E-state index contributed by atoms with van der Waals surface area (Å²) in [5.41, 5.74) is 13.4. The number of allylic oxidation sites excluding steroid dienone is 1. The quantitative estimate of drug-likeness (QED) is 0.0371. The van der Waals surface area contributed by atoms with Gasteiger partial charge in [0.15, 0.2) is 0 Å². The van der Waals surface area contributed by atoms with Crippen LogP contribution in [-0.2, 0) is 84.8 Å². The Bertz CT molecular complexity index is 3560. The largest absolute Gasteiger partial charge is 0.481 e. The molecule has 1 aromatic carbocycles. The molecule has 40 heteroatoms. The molecule has 13 amide bonds. The van der Waals surface area contributed by atoms with Gasteiger partial charge < -0.3 is 111 Å². The Morgan fingerprint density at radius 2 is 1.33 bits per heavy atom. The fourth-order valence-electron chi connectivity index (χ4n) is 10.9. The first kappa shape index (κ1) is 84.6. The lowest BCUT2D eigenvalue weighted by Crippen LogP contribution is -2.61. The molecule has 0 radical (unpaired) electrons. The molecule has 2 aliphatic heterocycles. The summed E-state index contributed by atoms with van der Waals surface area (Å²) in [7, 11) is 2.92. The van der Waals surface area contributed by atoms with Gasteiger partial charge in [-0.15, -0.1) is 0 Å². The van der Waals surface area contributed by atoms with E-state index in [4.69, 9.17) is 17.3 Å². The zero-order valence-corrected chi connectivity index (χ0v) is 60.1. The number of carboxylic acids is 2. The summed E-state index contributed by atoms with van der Waals surface area (Å²) >= 11 is 0. The second-order valence-corrected chi connectivity index (χ2v) is 28.0. The van der Waals surface area contributed by atoms with Crippen molar-refractivity contribution >= 4 is 121 Å². The van der Waals surface area contributed by atoms with Crippen LogP contribution in [0.5, 0.6) is 0 Å². The van der Waals surface area contributed by atoms with Crippen molar-refractivity contribution in [2.45, 2.75) is 190 Å². The summed E-state index contributed by atoms with van der Waals surface area (Å²) in [4.78, 5) is 220. The number of carbonyl (C=O) groups excluding carboxylic acids is 13.